The molecule has 4 heteroatoms. The highest BCUT2D eigenvalue weighted by Gasteiger charge is 2.25. The van der Waals surface area contributed by atoms with Crippen molar-refractivity contribution < 1.29 is 9.53 Å². The summed E-state index contributed by atoms with van der Waals surface area (Å²) in [6, 6.07) is 3.67. The van der Waals surface area contributed by atoms with Gasteiger partial charge in [-0.05, 0) is 46.8 Å². The number of methoxy groups -OCH3 is 1. The number of halogens is 1. The van der Waals surface area contributed by atoms with Crippen molar-refractivity contribution in [3.05, 3.63) is 22.4 Å². The average Bonchev–Trinajstić information content (AvgIpc) is 2.92. The van der Waals surface area contributed by atoms with Crippen LogP contribution in [0.5, 0.6) is 0 Å². The van der Waals surface area contributed by atoms with Crippen molar-refractivity contribution in [3.8, 4) is 0 Å². The minimum absolute atomic E-state index is 0.267. The van der Waals surface area contributed by atoms with Gasteiger partial charge in [-0.3, -0.25) is 0 Å². The molecule has 0 bridgehead atoms. The van der Waals surface area contributed by atoms with Crippen LogP contribution in [0.3, 0.4) is 0 Å². The average molecular weight is 258 g/mol. The van der Waals surface area contributed by atoms with Gasteiger partial charge in [0.1, 0.15) is 5.69 Å². The first-order valence-corrected chi connectivity index (χ1v) is 5.45. The van der Waals surface area contributed by atoms with Gasteiger partial charge in [0, 0.05) is 6.54 Å². The smallest absolute Gasteiger partial charge is 0.354 e. The Bertz CT molecular complexity index is 355. The van der Waals surface area contributed by atoms with E-state index < -0.39 is 0 Å². The standard InChI is InChI=1S/C10H12BrNO2/c1-14-10(13)8-4-5-9(11)12(8)6-7-2-3-7/h4-5,7H,2-3,6H2,1H3. The lowest BCUT2D eigenvalue weighted by atomic mass is 10.4. The Balaban J connectivity index is 2.24. The van der Waals surface area contributed by atoms with Gasteiger partial charge in [-0.1, -0.05) is 0 Å². The summed E-state index contributed by atoms with van der Waals surface area (Å²) in [6.45, 7) is 0.915. The number of aromatic nitrogens is 1. The maximum Gasteiger partial charge on any atom is 0.354 e. The van der Waals surface area contributed by atoms with Crippen molar-refractivity contribution in [2.24, 2.45) is 5.92 Å². The molecule has 0 amide bonds. The number of carbonyl (C=O) groups excluding carboxylic acids is 1. The molecule has 76 valence electrons. The molecule has 0 aromatic carbocycles. The second kappa shape index (κ2) is 3.77. The van der Waals surface area contributed by atoms with Crippen molar-refractivity contribution in [2.45, 2.75) is 19.4 Å². The van der Waals surface area contributed by atoms with Crippen molar-refractivity contribution in [3.63, 3.8) is 0 Å². The SMILES string of the molecule is COC(=O)c1ccc(Br)n1CC1CC1. The molecule has 1 saturated carbocycles. The second-order valence-electron chi connectivity index (χ2n) is 3.59. The Morgan fingerprint density at radius 1 is 1.64 bits per heavy atom. The highest BCUT2D eigenvalue weighted by molar-refractivity contribution is 9.10. The first-order valence-electron chi connectivity index (χ1n) is 4.65. The lowest BCUT2D eigenvalue weighted by molar-refractivity contribution is 0.0587. The van der Waals surface area contributed by atoms with Crippen LogP contribution < -0.4 is 0 Å². The summed E-state index contributed by atoms with van der Waals surface area (Å²) in [5, 5.41) is 0. The molecule has 1 aliphatic rings. The van der Waals surface area contributed by atoms with Crippen LogP contribution in [0.15, 0.2) is 16.7 Å². The summed E-state index contributed by atoms with van der Waals surface area (Å²) >= 11 is 3.43. The number of esters is 1. The lowest BCUT2D eigenvalue weighted by Gasteiger charge is -2.07. The van der Waals surface area contributed by atoms with Crippen LogP contribution in [0.2, 0.25) is 0 Å². The fraction of sp³-hybridized carbons (Fsp3) is 0.500. The Hall–Kier alpha value is -0.770. The van der Waals surface area contributed by atoms with Gasteiger partial charge in [-0.2, -0.15) is 0 Å². The number of hydrogen-bond acceptors (Lipinski definition) is 2. The third-order valence-corrected chi connectivity index (χ3v) is 3.15. The Morgan fingerprint density at radius 3 is 2.93 bits per heavy atom. The Labute approximate surface area is 91.2 Å². The van der Waals surface area contributed by atoms with Crippen LogP contribution in [0, 0.1) is 5.92 Å². The van der Waals surface area contributed by atoms with Crippen LogP contribution in [-0.2, 0) is 11.3 Å². The van der Waals surface area contributed by atoms with Gasteiger partial charge in [0.15, 0.2) is 0 Å². The second-order valence-corrected chi connectivity index (χ2v) is 4.40. The molecule has 1 fully saturated rings. The fourth-order valence-electron chi connectivity index (χ4n) is 1.47. The zero-order valence-electron chi connectivity index (χ0n) is 8.00. The van der Waals surface area contributed by atoms with Crippen LogP contribution in [0.25, 0.3) is 0 Å². The molecule has 1 aromatic heterocycles. The van der Waals surface area contributed by atoms with Gasteiger partial charge < -0.3 is 9.30 Å². The van der Waals surface area contributed by atoms with E-state index in [1.807, 2.05) is 10.6 Å². The van der Waals surface area contributed by atoms with Crippen LogP contribution in [0.1, 0.15) is 23.3 Å². The van der Waals surface area contributed by atoms with E-state index in [2.05, 4.69) is 15.9 Å². The van der Waals surface area contributed by atoms with E-state index in [1.54, 1.807) is 6.07 Å². The zero-order chi connectivity index (χ0) is 10.1. The number of hydrogen-bond donors (Lipinski definition) is 0. The molecule has 0 N–H and O–H groups in total. The van der Waals surface area contributed by atoms with Gasteiger partial charge in [0.25, 0.3) is 0 Å². The van der Waals surface area contributed by atoms with Gasteiger partial charge in [0.2, 0.25) is 0 Å². The predicted molar refractivity (Wildman–Crippen MR) is 56.2 cm³/mol. The van der Waals surface area contributed by atoms with E-state index in [4.69, 9.17) is 4.74 Å². The molecule has 0 radical (unpaired) electrons. The van der Waals surface area contributed by atoms with Crippen LogP contribution in [-0.4, -0.2) is 17.6 Å². The highest BCUT2D eigenvalue weighted by atomic mass is 79.9. The highest BCUT2D eigenvalue weighted by Crippen LogP contribution is 2.32. The summed E-state index contributed by atoms with van der Waals surface area (Å²) in [5.41, 5.74) is 0.631. The first-order chi connectivity index (χ1) is 6.72. The largest absolute Gasteiger partial charge is 0.464 e. The summed E-state index contributed by atoms with van der Waals surface area (Å²) in [6.07, 6.45) is 2.54. The van der Waals surface area contributed by atoms with Crippen LogP contribution >= 0.6 is 15.9 Å². The minimum Gasteiger partial charge on any atom is -0.464 e. The fourth-order valence-corrected chi connectivity index (χ4v) is 1.94. The molecule has 14 heavy (non-hydrogen) atoms. The van der Waals surface area contributed by atoms with Crippen molar-refractivity contribution in [2.75, 3.05) is 7.11 Å². The first kappa shape index (κ1) is 9.77. The van der Waals surface area contributed by atoms with E-state index in [0.29, 0.717) is 5.69 Å². The summed E-state index contributed by atoms with van der Waals surface area (Å²) in [4.78, 5) is 11.4. The van der Waals surface area contributed by atoms with Crippen molar-refractivity contribution >= 4 is 21.9 Å². The summed E-state index contributed by atoms with van der Waals surface area (Å²) in [5.74, 6) is 0.471. The minimum atomic E-state index is -0.267. The van der Waals surface area contributed by atoms with E-state index >= 15 is 0 Å². The van der Waals surface area contributed by atoms with E-state index in [0.717, 1.165) is 17.1 Å². The Kier molecular flexibility index (Phi) is 2.63. The normalized spacial score (nSPS) is 15.6. The molecule has 0 saturated heterocycles. The molecular weight excluding hydrogens is 246 g/mol. The van der Waals surface area contributed by atoms with Crippen molar-refractivity contribution in [1.82, 2.24) is 4.57 Å². The maximum absolute atomic E-state index is 11.4. The molecule has 2 rings (SSSR count). The number of carbonyl (C=O) groups is 1. The monoisotopic (exact) mass is 257 g/mol. The lowest BCUT2D eigenvalue weighted by Crippen LogP contribution is -2.11. The van der Waals surface area contributed by atoms with E-state index in [1.165, 1.54) is 20.0 Å². The molecule has 0 spiro atoms. The molecule has 1 aromatic rings. The maximum atomic E-state index is 11.4. The molecule has 0 unspecified atom stereocenters. The summed E-state index contributed by atoms with van der Waals surface area (Å²) < 4.78 is 7.64. The molecule has 3 nitrogen and oxygen atoms in total. The van der Waals surface area contributed by atoms with Gasteiger partial charge >= 0.3 is 5.97 Å². The Morgan fingerprint density at radius 2 is 2.36 bits per heavy atom. The summed E-state index contributed by atoms with van der Waals surface area (Å²) in [7, 11) is 1.41. The molecule has 0 atom stereocenters. The topological polar surface area (TPSA) is 31.2 Å². The zero-order valence-corrected chi connectivity index (χ0v) is 9.58. The van der Waals surface area contributed by atoms with Crippen LogP contribution in [0.4, 0.5) is 0 Å². The third-order valence-electron chi connectivity index (χ3n) is 2.46. The van der Waals surface area contributed by atoms with E-state index in [9.17, 15) is 4.79 Å². The van der Waals surface area contributed by atoms with E-state index in [-0.39, 0.29) is 5.97 Å². The van der Waals surface area contributed by atoms with Gasteiger partial charge in [-0.15, -0.1) is 0 Å². The molecule has 0 aliphatic heterocycles. The third kappa shape index (κ3) is 1.85. The predicted octanol–water partition coefficient (Wildman–Crippen LogP) is 2.45. The van der Waals surface area contributed by atoms with Gasteiger partial charge in [0.05, 0.1) is 11.7 Å². The molecule has 1 aliphatic carbocycles. The quantitative estimate of drug-likeness (QED) is 0.780. The number of ether oxygens (including phenoxy) is 1. The molecular formula is C10H12BrNO2. The van der Waals surface area contributed by atoms with Gasteiger partial charge in [-0.25, -0.2) is 4.79 Å². The number of nitrogens with zero attached hydrogens (tertiary/aromatic N) is 1. The van der Waals surface area contributed by atoms with Crippen molar-refractivity contribution in [1.29, 1.82) is 0 Å². The molecule has 1 heterocycles. The number of rotatable bonds is 3.